The first kappa shape index (κ1) is 18.2. The highest BCUT2D eigenvalue weighted by atomic mass is 16.6. The molecule has 0 bridgehead atoms. The van der Waals surface area contributed by atoms with Crippen molar-refractivity contribution in [2.75, 3.05) is 13.7 Å². The average molecular weight is 366 g/mol. The number of nitrogens with zero attached hydrogens (tertiary/aromatic N) is 1. The van der Waals surface area contributed by atoms with Crippen LogP contribution >= 0.6 is 0 Å². The molecule has 0 heterocycles. The number of hydrogen-bond donors (Lipinski definition) is 1. The van der Waals surface area contributed by atoms with Crippen LogP contribution < -0.4 is 14.8 Å². The van der Waals surface area contributed by atoms with Gasteiger partial charge in [0, 0.05) is 12.6 Å². The zero-order valence-electron chi connectivity index (χ0n) is 14.7. The number of carbonyl (C=O) groups is 1. The van der Waals surface area contributed by atoms with E-state index in [1.54, 1.807) is 13.2 Å². The topological polar surface area (TPSA) is 90.7 Å². The number of nitro benzene ring substituents is 1. The fourth-order valence-corrected chi connectivity index (χ4v) is 2.60. The molecule has 0 saturated carbocycles. The number of methoxy groups -OCH3 is 1. The number of carbonyl (C=O) groups excluding carboxylic acids is 1. The molecular formula is C20H18N2O5. The van der Waals surface area contributed by atoms with Gasteiger partial charge in [-0.2, -0.15) is 0 Å². The SMILES string of the molecule is COc1ccc2cc(CNC(=O)COc3cccc([N+](=O)[O-])c3)ccc2c1. The number of non-ortho nitro benzene ring substituents is 1. The number of nitrogens with one attached hydrogen (secondary N) is 1. The number of nitro groups is 1. The van der Waals surface area contributed by atoms with Crippen LogP contribution in [0.15, 0.2) is 60.7 Å². The van der Waals surface area contributed by atoms with E-state index in [9.17, 15) is 14.9 Å². The summed E-state index contributed by atoms with van der Waals surface area (Å²) in [6.45, 7) is 0.144. The van der Waals surface area contributed by atoms with E-state index >= 15 is 0 Å². The van der Waals surface area contributed by atoms with Crippen molar-refractivity contribution in [1.82, 2.24) is 5.32 Å². The van der Waals surface area contributed by atoms with E-state index in [4.69, 9.17) is 9.47 Å². The quantitative estimate of drug-likeness (QED) is 0.511. The molecule has 7 nitrogen and oxygen atoms in total. The molecule has 0 aliphatic rings. The lowest BCUT2D eigenvalue weighted by atomic mass is 10.1. The fraction of sp³-hybridized carbons (Fsp3) is 0.150. The average Bonchev–Trinajstić information content (AvgIpc) is 2.70. The van der Waals surface area contributed by atoms with Crippen LogP contribution in [0.1, 0.15) is 5.56 Å². The smallest absolute Gasteiger partial charge is 0.273 e. The summed E-state index contributed by atoms with van der Waals surface area (Å²) >= 11 is 0. The first-order chi connectivity index (χ1) is 13.0. The Balaban J connectivity index is 1.55. The zero-order valence-corrected chi connectivity index (χ0v) is 14.7. The monoisotopic (exact) mass is 366 g/mol. The van der Waals surface area contributed by atoms with Gasteiger partial charge in [0.1, 0.15) is 11.5 Å². The molecule has 3 aromatic carbocycles. The van der Waals surface area contributed by atoms with E-state index in [-0.39, 0.29) is 24.0 Å². The van der Waals surface area contributed by atoms with E-state index in [1.807, 2.05) is 36.4 Å². The molecule has 3 rings (SSSR count). The van der Waals surface area contributed by atoms with Crippen molar-refractivity contribution in [3.63, 3.8) is 0 Å². The minimum atomic E-state index is -0.512. The highest BCUT2D eigenvalue weighted by Crippen LogP contribution is 2.22. The Labute approximate surface area is 155 Å². The second kappa shape index (κ2) is 8.18. The van der Waals surface area contributed by atoms with Crippen LogP contribution in [0, 0.1) is 10.1 Å². The maximum absolute atomic E-state index is 12.0. The normalized spacial score (nSPS) is 10.4. The molecule has 1 amide bonds. The van der Waals surface area contributed by atoms with E-state index in [1.165, 1.54) is 18.2 Å². The maximum Gasteiger partial charge on any atom is 0.273 e. The van der Waals surface area contributed by atoms with E-state index in [0.717, 1.165) is 22.1 Å². The third kappa shape index (κ3) is 4.72. The third-order valence-corrected chi connectivity index (χ3v) is 4.00. The van der Waals surface area contributed by atoms with Crippen molar-refractivity contribution in [3.8, 4) is 11.5 Å². The highest BCUT2D eigenvalue weighted by Gasteiger charge is 2.08. The summed E-state index contributed by atoms with van der Waals surface area (Å²) in [5.41, 5.74) is 0.872. The predicted octanol–water partition coefficient (Wildman–Crippen LogP) is 3.45. The summed E-state index contributed by atoms with van der Waals surface area (Å²) in [5, 5.41) is 15.6. The molecule has 27 heavy (non-hydrogen) atoms. The molecule has 3 aromatic rings. The fourth-order valence-electron chi connectivity index (χ4n) is 2.60. The van der Waals surface area contributed by atoms with Crippen molar-refractivity contribution in [2.24, 2.45) is 0 Å². The Morgan fingerprint density at radius 3 is 2.59 bits per heavy atom. The Morgan fingerprint density at radius 1 is 1.04 bits per heavy atom. The van der Waals surface area contributed by atoms with E-state index < -0.39 is 4.92 Å². The number of hydrogen-bond acceptors (Lipinski definition) is 5. The van der Waals surface area contributed by atoms with Gasteiger partial charge in [0.2, 0.25) is 0 Å². The van der Waals surface area contributed by atoms with Crippen LogP contribution in [-0.2, 0) is 11.3 Å². The molecular weight excluding hydrogens is 348 g/mol. The number of benzene rings is 3. The lowest BCUT2D eigenvalue weighted by molar-refractivity contribution is -0.384. The molecule has 1 N–H and O–H groups in total. The summed E-state index contributed by atoms with van der Waals surface area (Å²) in [5.74, 6) is 0.761. The molecule has 0 aromatic heterocycles. The Morgan fingerprint density at radius 2 is 1.81 bits per heavy atom. The van der Waals surface area contributed by atoms with Crippen LogP contribution in [0.5, 0.6) is 11.5 Å². The second-order valence-corrected chi connectivity index (χ2v) is 5.87. The number of ether oxygens (including phenoxy) is 2. The Bertz CT molecular complexity index is 987. The standard InChI is InChI=1S/C20H18N2O5/c1-26-18-8-7-15-9-14(5-6-16(15)10-18)12-21-20(23)13-27-19-4-2-3-17(11-19)22(24)25/h2-11H,12-13H2,1H3,(H,21,23). The van der Waals surface area contributed by atoms with Gasteiger partial charge in [0.15, 0.2) is 6.61 Å². The molecule has 0 aliphatic carbocycles. The molecule has 0 unspecified atom stereocenters. The molecule has 0 aliphatic heterocycles. The van der Waals surface area contributed by atoms with Gasteiger partial charge in [-0.05, 0) is 40.6 Å². The molecule has 0 saturated heterocycles. The lowest BCUT2D eigenvalue weighted by Crippen LogP contribution is -2.28. The Hall–Kier alpha value is -3.61. The summed E-state index contributed by atoms with van der Waals surface area (Å²) in [6, 6.07) is 17.4. The molecule has 138 valence electrons. The second-order valence-electron chi connectivity index (χ2n) is 5.87. The number of amides is 1. The van der Waals surface area contributed by atoms with Crippen LogP contribution in [0.25, 0.3) is 10.8 Å². The summed E-state index contributed by atoms with van der Waals surface area (Å²) < 4.78 is 10.5. The van der Waals surface area contributed by atoms with Crippen LogP contribution in [0.2, 0.25) is 0 Å². The molecule has 0 radical (unpaired) electrons. The van der Waals surface area contributed by atoms with E-state index in [0.29, 0.717) is 6.54 Å². The zero-order chi connectivity index (χ0) is 19.2. The number of fused-ring (bicyclic) bond motifs is 1. The van der Waals surface area contributed by atoms with Crippen molar-refractivity contribution in [3.05, 3.63) is 76.3 Å². The minimum absolute atomic E-state index is 0.0827. The first-order valence-corrected chi connectivity index (χ1v) is 8.26. The van der Waals surface area contributed by atoms with Gasteiger partial charge in [0.25, 0.3) is 11.6 Å². The van der Waals surface area contributed by atoms with Crippen molar-refractivity contribution < 1.29 is 19.2 Å². The van der Waals surface area contributed by atoms with Gasteiger partial charge in [-0.3, -0.25) is 14.9 Å². The van der Waals surface area contributed by atoms with Gasteiger partial charge in [-0.1, -0.05) is 24.3 Å². The largest absolute Gasteiger partial charge is 0.497 e. The first-order valence-electron chi connectivity index (χ1n) is 8.26. The van der Waals surface area contributed by atoms with Crippen LogP contribution in [0.3, 0.4) is 0 Å². The van der Waals surface area contributed by atoms with Crippen molar-refractivity contribution in [2.45, 2.75) is 6.54 Å². The molecule has 0 atom stereocenters. The van der Waals surface area contributed by atoms with Gasteiger partial charge in [-0.25, -0.2) is 0 Å². The summed E-state index contributed by atoms with van der Waals surface area (Å²) in [6.07, 6.45) is 0. The lowest BCUT2D eigenvalue weighted by Gasteiger charge is -2.09. The summed E-state index contributed by atoms with van der Waals surface area (Å²) in [7, 11) is 1.63. The van der Waals surface area contributed by atoms with Crippen LogP contribution in [0.4, 0.5) is 5.69 Å². The molecule has 0 fully saturated rings. The van der Waals surface area contributed by atoms with Crippen molar-refractivity contribution >= 4 is 22.4 Å². The number of rotatable bonds is 7. The maximum atomic E-state index is 12.0. The van der Waals surface area contributed by atoms with Gasteiger partial charge >= 0.3 is 0 Å². The van der Waals surface area contributed by atoms with Crippen LogP contribution in [-0.4, -0.2) is 24.5 Å². The van der Waals surface area contributed by atoms with Gasteiger partial charge < -0.3 is 14.8 Å². The van der Waals surface area contributed by atoms with Gasteiger partial charge in [0.05, 0.1) is 18.1 Å². The third-order valence-electron chi connectivity index (χ3n) is 4.00. The highest BCUT2D eigenvalue weighted by molar-refractivity contribution is 5.84. The predicted molar refractivity (Wildman–Crippen MR) is 101 cm³/mol. The van der Waals surface area contributed by atoms with Crippen molar-refractivity contribution in [1.29, 1.82) is 0 Å². The molecule has 0 spiro atoms. The molecule has 7 heteroatoms. The Kier molecular flexibility index (Phi) is 5.51. The van der Waals surface area contributed by atoms with E-state index in [2.05, 4.69) is 5.32 Å². The summed E-state index contributed by atoms with van der Waals surface area (Å²) in [4.78, 5) is 22.2. The minimum Gasteiger partial charge on any atom is -0.497 e. The van der Waals surface area contributed by atoms with Gasteiger partial charge in [-0.15, -0.1) is 0 Å².